The minimum atomic E-state index is -0.0903. The maximum atomic E-state index is 12.6. The van der Waals surface area contributed by atoms with Crippen LogP contribution >= 0.6 is 23.4 Å². The Kier molecular flexibility index (Phi) is 5.92. The van der Waals surface area contributed by atoms with E-state index in [-0.39, 0.29) is 11.7 Å². The SMILES string of the molecule is Cc1cccc(C)c1NC(=O)CSc1nnc(-c2ccc(Cl)cc2)n1-n1cccc1. The van der Waals surface area contributed by atoms with E-state index in [4.69, 9.17) is 11.6 Å². The van der Waals surface area contributed by atoms with Gasteiger partial charge < -0.3 is 5.32 Å². The number of para-hydroxylation sites is 1. The van der Waals surface area contributed by atoms with E-state index in [2.05, 4.69) is 15.5 Å². The highest BCUT2D eigenvalue weighted by molar-refractivity contribution is 7.99. The Morgan fingerprint density at radius 2 is 1.67 bits per heavy atom. The van der Waals surface area contributed by atoms with E-state index >= 15 is 0 Å². The van der Waals surface area contributed by atoms with Gasteiger partial charge in [0.2, 0.25) is 11.1 Å². The molecule has 0 aliphatic rings. The molecular weight excluding hydrogens is 418 g/mol. The van der Waals surface area contributed by atoms with Crippen LogP contribution in [0.25, 0.3) is 11.4 Å². The molecule has 1 amide bonds. The third-order valence-corrected chi connectivity index (χ3v) is 5.78. The molecule has 30 heavy (non-hydrogen) atoms. The maximum Gasteiger partial charge on any atom is 0.234 e. The van der Waals surface area contributed by atoms with Crippen LogP contribution in [0.15, 0.2) is 72.1 Å². The van der Waals surface area contributed by atoms with Gasteiger partial charge in [-0.05, 0) is 61.4 Å². The lowest BCUT2D eigenvalue weighted by Crippen LogP contribution is -2.17. The molecule has 0 fully saturated rings. The maximum absolute atomic E-state index is 12.6. The molecule has 2 aromatic heterocycles. The zero-order valence-electron chi connectivity index (χ0n) is 16.5. The van der Waals surface area contributed by atoms with Gasteiger partial charge >= 0.3 is 0 Å². The van der Waals surface area contributed by atoms with Crippen molar-refractivity contribution in [2.45, 2.75) is 19.0 Å². The van der Waals surface area contributed by atoms with E-state index in [9.17, 15) is 4.79 Å². The molecule has 0 saturated heterocycles. The number of carbonyl (C=O) groups excluding carboxylic acids is 1. The number of hydrogen-bond donors (Lipinski definition) is 1. The molecule has 2 heterocycles. The lowest BCUT2D eigenvalue weighted by atomic mass is 10.1. The molecule has 0 aliphatic carbocycles. The lowest BCUT2D eigenvalue weighted by molar-refractivity contribution is -0.113. The smallest absolute Gasteiger partial charge is 0.234 e. The number of nitrogens with one attached hydrogen (secondary N) is 1. The molecule has 152 valence electrons. The summed E-state index contributed by atoms with van der Waals surface area (Å²) in [5.74, 6) is 0.793. The fraction of sp³-hybridized carbons (Fsp3) is 0.136. The Morgan fingerprint density at radius 1 is 1.00 bits per heavy atom. The number of anilines is 1. The van der Waals surface area contributed by atoms with Crippen LogP contribution in [0.3, 0.4) is 0 Å². The molecule has 2 aromatic carbocycles. The van der Waals surface area contributed by atoms with Gasteiger partial charge in [-0.1, -0.05) is 41.6 Å². The highest BCUT2D eigenvalue weighted by atomic mass is 35.5. The van der Waals surface area contributed by atoms with Gasteiger partial charge in [0.25, 0.3) is 0 Å². The van der Waals surface area contributed by atoms with Crippen molar-refractivity contribution in [2.24, 2.45) is 0 Å². The number of amides is 1. The minimum Gasteiger partial charge on any atom is -0.325 e. The number of nitrogens with zero attached hydrogens (tertiary/aromatic N) is 4. The quantitative estimate of drug-likeness (QED) is 0.428. The summed E-state index contributed by atoms with van der Waals surface area (Å²) in [4.78, 5) is 12.6. The van der Waals surface area contributed by atoms with Crippen LogP contribution in [0, 0.1) is 13.8 Å². The molecule has 0 spiro atoms. The average molecular weight is 438 g/mol. The Balaban J connectivity index is 1.57. The molecule has 1 N–H and O–H groups in total. The van der Waals surface area contributed by atoms with Crippen molar-refractivity contribution in [1.82, 2.24) is 19.5 Å². The van der Waals surface area contributed by atoms with E-state index in [0.29, 0.717) is 16.0 Å². The predicted octanol–water partition coefficient (Wildman–Crippen LogP) is 5.06. The average Bonchev–Trinajstić information content (AvgIpc) is 3.39. The number of halogens is 1. The van der Waals surface area contributed by atoms with Crippen LogP contribution in [0.5, 0.6) is 0 Å². The highest BCUT2D eigenvalue weighted by Gasteiger charge is 2.17. The molecule has 0 bridgehead atoms. The fourth-order valence-corrected chi connectivity index (χ4v) is 3.98. The van der Waals surface area contributed by atoms with Crippen LogP contribution in [0.4, 0.5) is 5.69 Å². The monoisotopic (exact) mass is 437 g/mol. The molecule has 4 rings (SSSR count). The van der Waals surface area contributed by atoms with Crippen molar-refractivity contribution in [2.75, 3.05) is 11.1 Å². The minimum absolute atomic E-state index is 0.0903. The van der Waals surface area contributed by atoms with E-state index in [0.717, 1.165) is 22.4 Å². The number of thioether (sulfide) groups is 1. The van der Waals surface area contributed by atoms with Crippen LogP contribution in [-0.2, 0) is 4.79 Å². The van der Waals surface area contributed by atoms with Crippen molar-refractivity contribution in [3.63, 3.8) is 0 Å². The van der Waals surface area contributed by atoms with Gasteiger partial charge in [0.05, 0.1) is 5.75 Å². The number of carbonyl (C=O) groups is 1. The molecule has 0 unspecified atom stereocenters. The van der Waals surface area contributed by atoms with Gasteiger partial charge in [-0.2, -0.15) is 0 Å². The second-order valence-electron chi connectivity index (χ2n) is 6.79. The largest absolute Gasteiger partial charge is 0.325 e. The first-order valence-electron chi connectivity index (χ1n) is 9.37. The summed E-state index contributed by atoms with van der Waals surface area (Å²) in [7, 11) is 0. The number of aromatic nitrogens is 4. The van der Waals surface area contributed by atoms with Crippen molar-refractivity contribution < 1.29 is 4.79 Å². The van der Waals surface area contributed by atoms with E-state index in [1.165, 1.54) is 11.8 Å². The molecule has 8 heteroatoms. The topological polar surface area (TPSA) is 64.7 Å². The van der Waals surface area contributed by atoms with E-state index < -0.39 is 0 Å². The molecule has 4 aromatic rings. The normalized spacial score (nSPS) is 10.9. The number of rotatable bonds is 6. The first-order chi connectivity index (χ1) is 14.5. The molecule has 0 saturated carbocycles. The second-order valence-corrected chi connectivity index (χ2v) is 8.17. The zero-order chi connectivity index (χ0) is 21.1. The van der Waals surface area contributed by atoms with Crippen molar-refractivity contribution >= 4 is 35.0 Å². The Bertz CT molecular complexity index is 1150. The Hall–Kier alpha value is -3.03. The summed E-state index contributed by atoms with van der Waals surface area (Å²) in [5.41, 5.74) is 3.81. The predicted molar refractivity (Wildman–Crippen MR) is 121 cm³/mol. The van der Waals surface area contributed by atoms with Crippen molar-refractivity contribution in [1.29, 1.82) is 0 Å². The molecule has 0 aliphatic heterocycles. The highest BCUT2D eigenvalue weighted by Crippen LogP contribution is 2.26. The van der Waals surface area contributed by atoms with Crippen LogP contribution in [-0.4, -0.2) is 31.2 Å². The Labute approximate surface area is 183 Å². The first-order valence-corrected chi connectivity index (χ1v) is 10.7. The third-order valence-electron chi connectivity index (χ3n) is 4.61. The molecular formula is C22H20ClN5OS. The van der Waals surface area contributed by atoms with Gasteiger partial charge in [-0.25, -0.2) is 4.68 Å². The third kappa shape index (κ3) is 4.27. The summed E-state index contributed by atoms with van der Waals surface area (Å²) < 4.78 is 3.76. The van der Waals surface area contributed by atoms with Crippen molar-refractivity contribution in [3.05, 3.63) is 83.1 Å². The van der Waals surface area contributed by atoms with Crippen molar-refractivity contribution in [3.8, 4) is 11.4 Å². The van der Waals surface area contributed by atoms with Gasteiger partial charge in [-0.15, -0.1) is 10.2 Å². The summed E-state index contributed by atoms with van der Waals surface area (Å²) in [6.45, 7) is 3.97. The summed E-state index contributed by atoms with van der Waals surface area (Å²) in [5, 5.41) is 13.0. The van der Waals surface area contributed by atoms with Gasteiger partial charge in [0.15, 0.2) is 5.82 Å². The molecule has 0 atom stereocenters. The molecule has 0 radical (unpaired) electrons. The van der Waals surface area contributed by atoms with Crippen LogP contribution in [0.2, 0.25) is 5.02 Å². The van der Waals surface area contributed by atoms with E-state index in [1.54, 1.807) is 0 Å². The summed E-state index contributed by atoms with van der Waals surface area (Å²) in [6.07, 6.45) is 3.81. The zero-order valence-corrected chi connectivity index (χ0v) is 18.1. The number of benzene rings is 2. The lowest BCUT2D eigenvalue weighted by Gasteiger charge is -2.13. The van der Waals surface area contributed by atoms with Gasteiger partial charge in [-0.3, -0.25) is 9.47 Å². The second kappa shape index (κ2) is 8.77. The van der Waals surface area contributed by atoms with E-state index in [1.807, 2.05) is 90.2 Å². The summed E-state index contributed by atoms with van der Waals surface area (Å²) in [6, 6.07) is 17.2. The van der Waals surface area contributed by atoms with Crippen LogP contribution < -0.4 is 5.32 Å². The van der Waals surface area contributed by atoms with Gasteiger partial charge in [0, 0.05) is 28.7 Å². The number of hydrogen-bond acceptors (Lipinski definition) is 4. The Morgan fingerprint density at radius 3 is 2.33 bits per heavy atom. The fourth-order valence-electron chi connectivity index (χ4n) is 3.12. The van der Waals surface area contributed by atoms with Crippen LogP contribution in [0.1, 0.15) is 11.1 Å². The standard InChI is InChI=1S/C22H20ClN5OS/c1-15-6-5-7-16(2)20(15)24-19(29)14-30-22-26-25-21(17-8-10-18(23)11-9-17)28(22)27-12-3-4-13-27/h3-13H,14H2,1-2H3,(H,24,29). The van der Waals surface area contributed by atoms with Gasteiger partial charge in [0.1, 0.15) is 0 Å². The first kappa shape index (κ1) is 20.3. The number of aryl methyl sites for hydroxylation is 2. The summed E-state index contributed by atoms with van der Waals surface area (Å²) >= 11 is 7.35. The molecule has 6 nitrogen and oxygen atoms in total.